The summed E-state index contributed by atoms with van der Waals surface area (Å²) in [6, 6.07) is 10.3. The standard InChI is InChI=1S/C15H22N6/c1-16-15(18-11-14-7-3-2-4-8-14)17-9-5-6-10-21-12-19-20-13-21/h2-4,7-8,12-13H,5-6,9-11H2,1H3,(H2,16,17,18). The molecule has 0 aliphatic rings. The van der Waals surface area contributed by atoms with Crippen LogP contribution in [-0.4, -0.2) is 34.3 Å². The minimum absolute atomic E-state index is 0.779. The van der Waals surface area contributed by atoms with Crippen LogP contribution in [0.4, 0.5) is 0 Å². The molecule has 0 radical (unpaired) electrons. The molecular weight excluding hydrogens is 264 g/mol. The van der Waals surface area contributed by atoms with Crippen LogP contribution in [-0.2, 0) is 13.1 Å². The molecule has 1 aromatic heterocycles. The molecule has 0 saturated heterocycles. The Bertz CT molecular complexity index is 520. The third-order valence-electron chi connectivity index (χ3n) is 3.13. The third kappa shape index (κ3) is 5.64. The second-order valence-electron chi connectivity index (χ2n) is 4.74. The van der Waals surface area contributed by atoms with Crippen LogP contribution in [0.5, 0.6) is 0 Å². The summed E-state index contributed by atoms with van der Waals surface area (Å²) in [6.45, 7) is 2.63. The highest BCUT2D eigenvalue weighted by Gasteiger charge is 1.98. The number of unbranched alkanes of at least 4 members (excludes halogenated alkanes) is 1. The molecule has 1 aromatic carbocycles. The Labute approximate surface area is 125 Å². The van der Waals surface area contributed by atoms with Gasteiger partial charge in [-0.3, -0.25) is 4.99 Å². The molecule has 0 fully saturated rings. The van der Waals surface area contributed by atoms with Crippen molar-refractivity contribution in [1.82, 2.24) is 25.4 Å². The minimum Gasteiger partial charge on any atom is -0.356 e. The predicted molar refractivity (Wildman–Crippen MR) is 83.9 cm³/mol. The number of hydrogen-bond donors (Lipinski definition) is 2. The maximum Gasteiger partial charge on any atom is 0.191 e. The monoisotopic (exact) mass is 286 g/mol. The van der Waals surface area contributed by atoms with Gasteiger partial charge in [0, 0.05) is 26.7 Å². The van der Waals surface area contributed by atoms with Crippen molar-refractivity contribution in [2.24, 2.45) is 4.99 Å². The normalized spacial score (nSPS) is 11.4. The van der Waals surface area contributed by atoms with Crippen molar-refractivity contribution in [3.8, 4) is 0 Å². The van der Waals surface area contributed by atoms with Crippen LogP contribution in [0.2, 0.25) is 0 Å². The first-order valence-corrected chi connectivity index (χ1v) is 7.19. The highest BCUT2D eigenvalue weighted by molar-refractivity contribution is 5.79. The SMILES string of the molecule is CN=C(NCCCCn1cnnc1)NCc1ccccc1. The summed E-state index contributed by atoms with van der Waals surface area (Å²) < 4.78 is 1.99. The van der Waals surface area contributed by atoms with E-state index in [2.05, 4.69) is 38.0 Å². The van der Waals surface area contributed by atoms with Gasteiger partial charge in [0.25, 0.3) is 0 Å². The van der Waals surface area contributed by atoms with Gasteiger partial charge in [-0.15, -0.1) is 10.2 Å². The van der Waals surface area contributed by atoms with Gasteiger partial charge in [-0.05, 0) is 18.4 Å². The minimum atomic E-state index is 0.779. The molecule has 1 heterocycles. The van der Waals surface area contributed by atoms with Crippen LogP contribution < -0.4 is 10.6 Å². The van der Waals surface area contributed by atoms with E-state index in [1.165, 1.54) is 5.56 Å². The lowest BCUT2D eigenvalue weighted by Gasteiger charge is -2.11. The van der Waals surface area contributed by atoms with Crippen LogP contribution in [0.3, 0.4) is 0 Å². The van der Waals surface area contributed by atoms with Crippen molar-refractivity contribution >= 4 is 5.96 Å². The van der Waals surface area contributed by atoms with E-state index < -0.39 is 0 Å². The van der Waals surface area contributed by atoms with Crippen LogP contribution in [0, 0.1) is 0 Å². The number of guanidine groups is 1. The number of hydrogen-bond acceptors (Lipinski definition) is 3. The first kappa shape index (κ1) is 15.0. The van der Waals surface area contributed by atoms with Crippen LogP contribution in [0.1, 0.15) is 18.4 Å². The second-order valence-corrected chi connectivity index (χ2v) is 4.74. The number of nitrogens with zero attached hydrogens (tertiary/aromatic N) is 4. The molecule has 112 valence electrons. The van der Waals surface area contributed by atoms with E-state index in [1.807, 2.05) is 22.8 Å². The van der Waals surface area contributed by atoms with Crippen molar-refractivity contribution in [3.63, 3.8) is 0 Å². The molecule has 2 rings (SSSR count). The molecular formula is C15H22N6. The molecule has 0 amide bonds. The topological polar surface area (TPSA) is 67.1 Å². The molecule has 21 heavy (non-hydrogen) atoms. The highest BCUT2D eigenvalue weighted by Crippen LogP contribution is 1.97. The Morgan fingerprint density at radius 3 is 2.57 bits per heavy atom. The summed E-state index contributed by atoms with van der Waals surface area (Å²) in [6.07, 6.45) is 5.65. The van der Waals surface area contributed by atoms with Crippen LogP contribution in [0.25, 0.3) is 0 Å². The fraction of sp³-hybridized carbons (Fsp3) is 0.400. The van der Waals surface area contributed by atoms with Crippen molar-refractivity contribution < 1.29 is 0 Å². The largest absolute Gasteiger partial charge is 0.356 e. The summed E-state index contributed by atoms with van der Waals surface area (Å²) in [4.78, 5) is 4.22. The predicted octanol–water partition coefficient (Wildman–Crippen LogP) is 1.42. The summed E-state index contributed by atoms with van der Waals surface area (Å²) in [5.41, 5.74) is 1.24. The molecule has 2 aromatic rings. The first-order chi connectivity index (χ1) is 10.4. The van der Waals surface area contributed by atoms with E-state index in [4.69, 9.17) is 0 Å². The number of nitrogens with one attached hydrogen (secondary N) is 2. The smallest absolute Gasteiger partial charge is 0.191 e. The van der Waals surface area contributed by atoms with Crippen molar-refractivity contribution in [2.45, 2.75) is 25.9 Å². The highest BCUT2D eigenvalue weighted by atomic mass is 15.2. The van der Waals surface area contributed by atoms with Gasteiger partial charge >= 0.3 is 0 Å². The van der Waals surface area contributed by atoms with Gasteiger partial charge < -0.3 is 15.2 Å². The van der Waals surface area contributed by atoms with E-state index in [0.717, 1.165) is 38.4 Å². The average Bonchev–Trinajstić information content (AvgIpc) is 3.04. The third-order valence-corrected chi connectivity index (χ3v) is 3.13. The lowest BCUT2D eigenvalue weighted by molar-refractivity contribution is 0.597. The van der Waals surface area contributed by atoms with E-state index >= 15 is 0 Å². The number of aromatic nitrogens is 3. The maximum atomic E-state index is 4.22. The average molecular weight is 286 g/mol. The van der Waals surface area contributed by atoms with Gasteiger partial charge in [0.05, 0.1) is 0 Å². The fourth-order valence-electron chi connectivity index (χ4n) is 1.97. The molecule has 6 heteroatoms. The van der Waals surface area contributed by atoms with Crippen molar-refractivity contribution in [2.75, 3.05) is 13.6 Å². The second kappa shape index (κ2) is 8.73. The van der Waals surface area contributed by atoms with Gasteiger partial charge in [0.15, 0.2) is 5.96 Å². The maximum absolute atomic E-state index is 4.22. The van der Waals surface area contributed by atoms with Crippen LogP contribution >= 0.6 is 0 Å². The Morgan fingerprint density at radius 2 is 1.86 bits per heavy atom. The number of aliphatic imine (C=N–C) groups is 1. The van der Waals surface area contributed by atoms with Gasteiger partial charge in [0.2, 0.25) is 0 Å². The molecule has 2 N–H and O–H groups in total. The van der Waals surface area contributed by atoms with E-state index in [-0.39, 0.29) is 0 Å². The molecule has 0 aliphatic heterocycles. The summed E-state index contributed by atoms with van der Waals surface area (Å²) in [5, 5.41) is 14.2. The van der Waals surface area contributed by atoms with Gasteiger partial charge in [-0.2, -0.15) is 0 Å². The van der Waals surface area contributed by atoms with Crippen LogP contribution in [0.15, 0.2) is 48.0 Å². The summed E-state index contributed by atoms with van der Waals surface area (Å²) in [5.74, 6) is 0.836. The molecule has 0 spiro atoms. The summed E-state index contributed by atoms with van der Waals surface area (Å²) in [7, 11) is 1.79. The van der Waals surface area contributed by atoms with Crippen molar-refractivity contribution in [1.29, 1.82) is 0 Å². The lowest BCUT2D eigenvalue weighted by Crippen LogP contribution is -2.37. The zero-order chi connectivity index (χ0) is 14.8. The Balaban J connectivity index is 1.59. The fourth-order valence-corrected chi connectivity index (χ4v) is 1.97. The zero-order valence-electron chi connectivity index (χ0n) is 12.4. The first-order valence-electron chi connectivity index (χ1n) is 7.19. The molecule has 6 nitrogen and oxygen atoms in total. The molecule has 0 aliphatic carbocycles. The Kier molecular flexibility index (Phi) is 6.25. The van der Waals surface area contributed by atoms with E-state index in [0.29, 0.717) is 0 Å². The Hall–Kier alpha value is -2.37. The number of aryl methyl sites for hydroxylation is 1. The number of rotatable bonds is 7. The summed E-state index contributed by atoms with van der Waals surface area (Å²) >= 11 is 0. The Morgan fingerprint density at radius 1 is 1.10 bits per heavy atom. The molecule has 0 atom stereocenters. The van der Waals surface area contributed by atoms with Gasteiger partial charge in [-0.25, -0.2) is 0 Å². The molecule has 0 bridgehead atoms. The molecule has 0 saturated carbocycles. The van der Waals surface area contributed by atoms with Gasteiger partial charge in [-0.1, -0.05) is 30.3 Å². The number of benzene rings is 1. The zero-order valence-corrected chi connectivity index (χ0v) is 12.4. The molecule has 0 unspecified atom stereocenters. The quantitative estimate of drug-likeness (QED) is 0.459. The lowest BCUT2D eigenvalue weighted by atomic mass is 10.2. The van der Waals surface area contributed by atoms with E-state index in [1.54, 1.807) is 19.7 Å². The van der Waals surface area contributed by atoms with E-state index in [9.17, 15) is 0 Å². The van der Waals surface area contributed by atoms with Gasteiger partial charge in [0.1, 0.15) is 12.7 Å². The van der Waals surface area contributed by atoms with Crippen molar-refractivity contribution in [3.05, 3.63) is 48.5 Å².